The van der Waals surface area contributed by atoms with Crippen LogP contribution in [0, 0.1) is 13.8 Å². The van der Waals surface area contributed by atoms with Crippen LogP contribution < -0.4 is 5.32 Å². The highest BCUT2D eigenvalue weighted by molar-refractivity contribution is 5.93. The average Bonchev–Trinajstić information content (AvgIpc) is 3.05. The lowest BCUT2D eigenvalue weighted by Crippen LogP contribution is -2.22. The maximum Gasteiger partial charge on any atom is 0.273 e. The largest absolute Gasteiger partial charge is 0.355 e. The highest BCUT2D eigenvalue weighted by Crippen LogP contribution is 2.20. The van der Waals surface area contributed by atoms with Crippen LogP contribution in [-0.4, -0.2) is 11.1 Å². The maximum absolute atomic E-state index is 12.2. The first-order valence-corrected chi connectivity index (χ1v) is 7.49. The summed E-state index contributed by atoms with van der Waals surface area (Å²) in [6.07, 6.45) is 0. The van der Waals surface area contributed by atoms with E-state index in [2.05, 4.69) is 10.5 Å². The molecule has 3 aromatic rings. The number of benzene rings is 2. The molecule has 1 amide bonds. The molecule has 1 aromatic heterocycles. The van der Waals surface area contributed by atoms with Gasteiger partial charge in [-0.3, -0.25) is 4.79 Å². The van der Waals surface area contributed by atoms with E-state index >= 15 is 0 Å². The molecule has 0 unspecified atom stereocenters. The molecular weight excluding hydrogens is 288 g/mol. The van der Waals surface area contributed by atoms with Crippen molar-refractivity contribution in [3.05, 3.63) is 77.0 Å². The minimum atomic E-state index is -0.243. The number of hydrogen-bond acceptors (Lipinski definition) is 3. The molecule has 0 saturated heterocycles. The van der Waals surface area contributed by atoms with Crippen molar-refractivity contribution < 1.29 is 9.32 Å². The molecule has 0 bridgehead atoms. The first kappa shape index (κ1) is 15.0. The van der Waals surface area contributed by atoms with E-state index in [4.69, 9.17) is 4.52 Å². The number of carbonyl (C=O) groups excluding carboxylic acids is 1. The fourth-order valence-corrected chi connectivity index (χ4v) is 2.21. The zero-order valence-electron chi connectivity index (χ0n) is 13.2. The Hall–Kier alpha value is -2.88. The molecule has 116 valence electrons. The van der Waals surface area contributed by atoms with Crippen LogP contribution in [0.2, 0.25) is 0 Å². The predicted molar refractivity (Wildman–Crippen MR) is 89.0 cm³/mol. The van der Waals surface area contributed by atoms with Gasteiger partial charge < -0.3 is 9.84 Å². The third-order valence-corrected chi connectivity index (χ3v) is 3.65. The Morgan fingerprint density at radius 3 is 2.26 bits per heavy atom. The molecule has 0 fully saturated rings. The van der Waals surface area contributed by atoms with Crippen LogP contribution in [0.5, 0.6) is 0 Å². The molecule has 0 aliphatic rings. The molecule has 4 nitrogen and oxygen atoms in total. The van der Waals surface area contributed by atoms with E-state index < -0.39 is 0 Å². The zero-order valence-corrected chi connectivity index (χ0v) is 13.2. The normalized spacial score (nSPS) is 10.5. The molecule has 0 atom stereocenters. The monoisotopic (exact) mass is 306 g/mol. The second kappa shape index (κ2) is 6.48. The highest BCUT2D eigenvalue weighted by Gasteiger charge is 2.13. The number of rotatable bonds is 4. The summed E-state index contributed by atoms with van der Waals surface area (Å²) in [5.74, 6) is 0.346. The van der Waals surface area contributed by atoms with E-state index in [1.54, 1.807) is 6.07 Å². The van der Waals surface area contributed by atoms with Crippen molar-refractivity contribution in [2.24, 2.45) is 0 Å². The van der Waals surface area contributed by atoms with Crippen molar-refractivity contribution >= 4 is 5.91 Å². The lowest BCUT2D eigenvalue weighted by Gasteiger charge is -2.03. The van der Waals surface area contributed by atoms with Gasteiger partial charge in [0.15, 0.2) is 11.5 Å². The van der Waals surface area contributed by atoms with Crippen molar-refractivity contribution in [2.75, 3.05) is 0 Å². The maximum atomic E-state index is 12.2. The number of hydrogen-bond donors (Lipinski definition) is 1. The Morgan fingerprint density at radius 2 is 1.61 bits per heavy atom. The van der Waals surface area contributed by atoms with E-state index in [1.807, 2.05) is 62.4 Å². The SMILES string of the molecule is Cc1ccc(CNC(=O)c2cc(-c3ccc(C)cc3)on2)cc1. The summed E-state index contributed by atoms with van der Waals surface area (Å²) in [4.78, 5) is 12.2. The topological polar surface area (TPSA) is 55.1 Å². The summed E-state index contributed by atoms with van der Waals surface area (Å²) in [5.41, 5.74) is 4.60. The summed E-state index contributed by atoms with van der Waals surface area (Å²) < 4.78 is 5.27. The third-order valence-electron chi connectivity index (χ3n) is 3.65. The molecular formula is C19H18N2O2. The standard InChI is InChI=1S/C19H18N2O2/c1-13-3-7-15(8-4-13)12-20-19(22)17-11-18(23-21-17)16-9-5-14(2)6-10-16/h3-11H,12H2,1-2H3,(H,20,22). The van der Waals surface area contributed by atoms with Gasteiger partial charge in [-0.05, 0) is 19.4 Å². The molecule has 1 heterocycles. The van der Waals surface area contributed by atoms with Gasteiger partial charge >= 0.3 is 0 Å². The number of amides is 1. The van der Waals surface area contributed by atoms with Gasteiger partial charge in [-0.25, -0.2) is 0 Å². The van der Waals surface area contributed by atoms with Crippen LogP contribution in [0.3, 0.4) is 0 Å². The predicted octanol–water partition coefficient (Wildman–Crippen LogP) is 3.89. The van der Waals surface area contributed by atoms with Gasteiger partial charge in [-0.2, -0.15) is 0 Å². The van der Waals surface area contributed by atoms with Gasteiger partial charge in [0.05, 0.1) is 0 Å². The van der Waals surface area contributed by atoms with Crippen LogP contribution in [0.15, 0.2) is 59.1 Å². The zero-order chi connectivity index (χ0) is 16.2. The average molecular weight is 306 g/mol. The summed E-state index contributed by atoms with van der Waals surface area (Å²) in [6.45, 7) is 4.52. The quantitative estimate of drug-likeness (QED) is 0.795. The number of nitrogens with zero attached hydrogens (tertiary/aromatic N) is 1. The molecule has 0 saturated carbocycles. The van der Waals surface area contributed by atoms with Gasteiger partial charge in [0.25, 0.3) is 5.91 Å². The molecule has 0 radical (unpaired) electrons. The van der Waals surface area contributed by atoms with Gasteiger partial charge in [0, 0.05) is 18.2 Å². The number of aromatic nitrogens is 1. The molecule has 23 heavy (non-hydrogen) atoms. The summed E-state index contributed by atoms with van der Waals surface area (Å²) in [5, 5.41) is 6.70. The van der Waals surface area contributed by atoms with Crippen molar-refractivity contribution in [2.45, 2.75) is 20.4 Å². The lowest BCUT2D eigenvalue weighted by molar-refractivity contribution is 0.0942. The first-order valence-electron chi connectivity index (χ1n) is 7.49. The Labute approximate surface area is 135 Å². The molecule has 2 aromatic carbocycles. The van der Waals surface area contributed by atoms with Crippen molar-refractivity contribution in [3.63, 3.8) is 0 Å². The lowest BCUT2D eigenvalue weighted by atomic mass is 10.1. The van der Waals surface area contributed by atoms with Crippen molar-refractivity contribution in [3.8, 4) is 11.3 Å². The highest BCUT2D eigenvalue weighted by atomic mass is 16.5. The Bertz CT molecular complexity index is 802. The van der Waals surface area contributed by atoms with Crippen LogP contribution in [0.4, 0.5) is 0 Å². The third kappa shape index (κ3) is 3.66. The minimum Gasteiger partial charge on any atom is -0.355 e. The molecule has 0 aliphatic carbocycles. The molecule has 1 N–H and O–H groups in total. The van der Waals surface area contributed by atoms with Gasteiger partial charge in [-0.1, -0.05) is 64.8 Å². The van der Waals surface area contributed by atoms with Crippen molar-refractivity contribution in [1.82, 2.24) is 10.5 Å². The summed E-state index contributed by atoms with van der Waals surface area (Å²) in [7, 11) is 0. The first-order chi connectivity index (χ1) is 11.1. The minimum absolute atomic E-state index is 0.243. The van der Waals surface area contributed by atoms with E-state index in [0.717, 1.165) is 11.1 Å². The fourth-order valence-electron chi connectivity index (χ4n) is 2.21. The Morgan fingerprint density at radius 1 is 1.00 bits per heavy atom. The number of nitrogens with one attached hydrogen (secondary N) is 1. The number of carbonyl (C=O) groups is 1. The molecule has 3 rings (SSSR count). The Balaban J connectivity index is 1.66. The number of aryl methyl sites for hydroxylation is 2. The van der Waals surface area contributed by atoms with Crippen LogP contribution in [-0.2, 0) is 6.54 Å². The van der Waals surface area contributed by atoms with Crippen LogP contribution >= 0.6 is 0 Å². The summed E-state index contributed by atoms with van der Waals surface area (Å²) in [6, 6.07) is 17.6. The van der Waals surface area contributed by atoms with E-state index in [9.17, 15) is 4.79 Å². The second-order valence-corrected chi connectivity index (χ2v) is 5.61. The van der Waals surface area contributed by atoms with Crippen LogP contribution in [0.25, 0.3) is 11.3 Å². The Kier molecular flexibility index (Phi) is 4.24. The van der Waals surface area contributed by atoms with Gasteiger partial charge in [-0.15, -0.1) is 0 Å². The summed E-state index contributed by atoms with van der Waals surface area (Å²) >= 11 is 0. The van der Waals surface area contributed by atoms with Gasteiger partial charge in [0.1, 0.15) is 0 Å². The van der Waals surface area contributed by atoms with E-state index in [1.165, 1.54) is 11.1 Å². The molecule has 4 heteroatoms. The molecule has 0 spiro atoms. The van der Waals surface area contributed by atoms with Crippen LogP contribution in [0.1, 0.15) is 27.2 Å². The van der Waals surface area contributed by atoms with E-state index in [-0.39, 0.29) is 11.6 Å². The van der Waals surface area contributed by atoms with Gasteiger partial charge in [0.2, 0.25) is 0 Å². The fraction of sp³-hybridized carbons (Fsp3) is 0.158. The van der Waals surface area contributed by atoms with E-state index in [0.29, 0.717) is 12.3 Å². The molecule has 0 aliphatic heterocycles. The smallest absolute Gasteiger partial charge is 0.273 e. The second-order valence-electron chi connectivity index (χ2n) is 5.61. The van der Waals surface area contributed by atoms with Crippen molar-refractivity contribution in [1.29, 1.82) is 0 Å².